The summed E-state index contributed by atoms with van der Waals surface area (Å²) < 4.78 is 12.4. The molecule has 2 aromatic rings. The maximum absolute atomic E-state index is 13.6. The number of imide groups is 1. The summed E-state index contributed by atoms with van der Waals surface area (Å²) in [6.07, 6.45) is 7.00. The fraction of sp³-hybridized carbons (Fsp3) is 0.222. The molecule has 2 heterocycles. The Balaban J connectivity index is 1.39. The van der Waals surface area contributed by atoms with Crippen LogP contribution in [-0.4, -0.2) is 60.8 Å². The summed E-state index contributed by atoms with van der Waals surface area (Å²) in [5, 5.41) is 5.35. The van der Waals surface area contributed by atoms with Crippen LogP contribution in [0, 0.1) is 5.92 Å². The SMILES string of the molecule is CNC(=O)Cc1ccc(N2C(=O)C3C=CC=CC3=[N+](CC(=O)Nc3ccc4c(c3)OCCO4)C2=O)cc1. The molecule has 2 aromatic carbocycles. The van der Waals surface area contributed by atoms with E-state index in [-0.39, 0.29) is 18.9 Å². The van der Waals surface area contributed by atoms with Crippen molar-refractivity contribution in [1.82, 2.24) is 5.32 Å². The normalized spacial score (nSPS) is 18.0. The third-order valence-corrected chi connectivity index (χ3v) is 6.19. The molecule has 5 amide bonds. The average Bonchev–Trinajstić information content (AvgIpc) is 2.92. The van der Waals surface area contributed by atoms with Gasteiger partial charge in [-0.1, -0.05) is 30.4 Å². The lowest BCUT2D eigenvalue weighted by atomic mass is 9.94. The lowest BCUT2D eigenvalue weighted by Gasteiger charge is -2.26. The minimum atomic E-state index is -0.713. The van der Waals surface area contributed by atoms with Gasteiger partial charge in [0.25, 0.3) is 5.91 Å². The van der Waals surface area contributed by atoms with E-state index < -0.39 is 23.8 Å². The van der Waals surface area contributed by atoms with E-state index in [9.17, 15) is 19.2 Å². The zero-order chi connectivity index (χ0) is 25.9. The number of anilines is 2. The first-order valence-corrected chi connectivity index (χ1v) is 11.8. The number of benzene rings is 2. The van der Waals surface area contributed by atoms with Crippen LogP contribution in [0.4, 0.5) is 16.2 Å². The molecule has 10 heteroatoms. The minimum Gasteiger partial charge on any atom is -0.486 e. The maximum atomic E-state index is 13.6. The number of likely N-dealkylation sites (N-methyl/N-ethyl adjacent to an activating group) is 1. The van der Waals surface area contributed by atoms with E-state index >= 15 is 0 Å². The standard InChI is InChI=1S/C27H24N4O6/c1-28-24(32)14-17-6-9-19(10-7-17)31-26(34)20-4-2-3-5-21(20)30(27(31)35)16-25(33)29-18-8-11-22-23(15-18)37-13-12-36-22/h2-11,15,20H,12-14,16H2,1H3,(H-,28,29,32,33)/p+1. The second-order valence-corrected chi connectivity index (χ2v) is 8.61. The quantitative estimate of drug-likeness (QED) is 0.586. The highest BCUT2D eigenvalue weighted by Crippen LogP contribution is 2.32. The second-order valence-electron chi connectivity index (χ2n) is 8.61. The average molecular weight is 502 g/mol. The summed E-state index contributed by atoms with van der Waals surface area (Å²) in [4.78, 5) is 52.6. The first-order chi connectivity index (χ1) is 17.9. The molecule has 5 rings (SSSR count). The van der Waals surface area contributed by atoms with Crippen molar-refractivity contribution < 1.29 is 33.2 Å². The zero-order valence-corrected chi connectivity index (χ0v) is 20.1. The molecule has 3 aliphatic rings. The van der Waals surface area contributed by atoms with Crippen LogP contribution in [-0.2, 0) is 20.8 Å². The molecular formula is C27H25N4O6+. The predicted octanol–water partition coefficient (Wildman–Crippen LogP) is 2.05. The molecular weight excluding hydrogens is 476 g/mol. The van der Waals surface area contributed by atoms with Crippen molar-refractivity contribution in [2.24, 2.45) is 5.92 Å². The van der Waals surface area contributed by atoms with Crippen LogP contribution in [0.5, 0.6) is 11.5 Å². The van der Waals surface area contributed by atoms with Gasteiger partial charge in [0, 0.05) is 18.8 Å². The summed E-state index contributed by atoms with van der Waals surface area (Å²) in [6.45, 7) is 0.586. The van der Waals surface area contributed by atoms with Crippen LogP contribution < -0.4 is 25.0 Å². The third-order valence-electron chi connectivity index (χ3n) is 6.19. The van der Waals surface area contributed by atoms with Crippen molar-refractivity contribution in [3.05, 3.63) is 72.3 Å². The zero-order valence-electron chi connectivity index (χ0n) is 20.1. The van der Waals surface area contributed by atoms with Crippen molar-refractivity contribution in [1.29, 1.82) is 0 Å². The Hall–Kier alpha value is -4.73. The van der Waals surface area contributed by atoms with Crippen LogP contribution in [0.15, 0.2) is 66.8 Å². The molecule has 1 atom stereocenters. The summed E-state index contributed by atoms with van der Waals surface area (Å²) in [7, 11) is 1.56. The smallest absolute Gasteiger partial charge is 0.486 e. The number of nitrogens with one attached hydrogen (secondary N) is 2. The van der Waals surface area contributed by atoms with Crippen molar-refractivity contribution in [3.63, 3.8) is 0 Å². The van der Waals surface area contributed by atoms with Gasteiger partial charge in [0.05, 0.1) is 6.42 Å². The van der Waals surface area contributed by atoms with Gasteiger partial charge in [0.15, 0.2) is 18.0 Å². The van der Waals surface area contributed by atoms with E-state index in [0.717, 1.165) is 10.5 Å². The molecule has 0 saturated heterocycles. The van der Waals surface area contributed by atoms with Gasteiger partial charge in [0.2, 0.25) is 5.91 Å². The molecule has 37 heavy (non-hydrogen) atoms. The molecule has 1 aliphatic carbocycles. The Labute approximate surface area is 212 Å². The van der Waals surface area contributed by atoms with Crippen molar-refractivity contribution in [2.45, 2.75) is 6.42 Å². The molecule has 2 aliphatic heterocycles. The van der Waals surface area contributed by atoms with Gasteiger partial charge in [-0.3, -0.25) is 9.59 Å². The van der Waals surface area contributed by atoms with Gasteiger partial charge in [0.1, 0.15) is 30.5 Å². The number of fused-ring (bicyclic) bond motifs is 2. The molecule has 1 unspecified atom stereocenters. The van der Waals surface area contributed by atoms with E-state index in [1.807, 2.05) is 0 Å². The van der Waals surface area contributed by atoms with Gasteiger partial charge in [-0.05, 0) is 35.9 Å². The number of urea groups is 1. The van der Waals surface area contributed by atoms with E-state index in [1.54, 1.807) is 73.8 Å². The number of allylic oxidation sites excluding steroid dienone is 3. The predicted molar refractivity (Wildman–Crippen MR) is 135 cm³/mol. The van der Waals surface area contributed by atoms with Crippen LogP contribution in [0.25, 0.3) is 0 Å². The highest BCUT2D eigenvalue weighted by Gasteiger charge is 2.48. The fourth-order valence-electron chi connectivity index (χ4n) is 4.36. The summed E-state index contributed by atoms with van der Waals surface area (Å²) in [6, 6.07) is 11.1. The molecule has 2 N–H and O–H groups in total. The highest BCUT2D eigenvalue weighted by molar-refractivity contribution is 6.26. The van der Waals surface area contributed by atoms with E-state index in [0.29, 0.717) is 41.8 Å². The largest absolute Gasteiger partial charge is 0.506 e. The van der Waals surface area contributed by atoms with Crippen LogP contribution in [0.3, 0.4) is 0 Å². The molecule has 0 radical (unpaired) electrons. The Morgan fingerprint density at radius 2 is 1.76 bits per heavy atom. The molecule has 0 bridgehead atoms. The van der Waals surface area contributed by atoms with E-state index in [1.165, 1.54) is 4.58 Å². The van der Waals surface area contributed by atoms with Gasteiger partial charge in [-0.15, -0.1) is 4.90 Å². The van der Waals surface area contributed by atoms with E-state index in [2.05, 4.69) is 10.6 Å². The third kappa shape index (κ3) is 4.86. The molecule has 0 aromatic heterocycles. The van der Waals surface area contributed by atoms with Gasteiger partial charge in [-0.25, -0.2) is 4.79 Å². The van der Waals surface area contributed by atoms with Crippen molar-refractivity contribution in [3.8, 4) is 11.5 Å². The summed E-state index contributed by atoms with van der Waals surface area (Å²) >= 11 is 0. The monoisotopic (exact) mass is 501 g/mol. The van der Waals surface area contributed by atoms with Gasteiger partial charge < -0.3 is 20.1 Å². The number of carbonyl (C=O) groups excluding carboxylic acids is 4. The number of ether oxygens (including phenoxy) is 2. The Morgan fingerprint density at radius 3 is 2.51 bits per heavy atom. The summed E-state index contributed by atoms with van der Waals surface area (Å²) in [5.41, 5.74) is 2.03. The number of hydrogen-bond donors (Lipinski definition) is 2. The van der Waals surface area contributed by atoms with Crippen LogP contribution in [0.1, 0.15) is 5.56 Å². The molecule has 10 nitrogen and oxygen atoms in total. The number of nitrogens with zero attached hydrogens (tertiary/aromatic N) is 2. The molecule has 0 saturated carbocycles. The first kappa shape index (κ1) is 24.0. The van der Waals surface area contributed by atoms with Crippen molar-refractivity contribution >= 4 is 40.8 Å². The highest BCUT2D eigenvalue weighted by atomic mass is 16.6. The lowest BCUT2D eigenvalue weighted by Crippen LogP contribution is -2.56. The lowest BCUT2D eigenvalue weighted by molar-refractivity contribution is -0.416. The van der Waals surface area contributed by atoms with Crippen LogP contribution >= 0.6 is 0 Å². The minimum absolute atomic E-state index is 0.147. The second kappa shape index (κ2) is 10.1. The van der Waals surface area contributed by atoms with Crippen molar-refractivity contribution in [2.75, 3.05) is 37.0 Å². The Bertz CT molecular complexity index is 1380. The summed E-state index contributed by atoms with van der Waals surface area (Å²) in [5.74, 6) is -0.576. The fourth-order valence-corrected chi connectivity index (χ4v) is 4.36. The molecule has 0 fully saturated rings. The number of carbonyl (C=O) groups is 4. The molecule has 0 spiro atoms. The van der Waals surface area contributed by atoms with E-state index in [4.69, 9.17) is 9.47 Å². The Kier molecular flexibility index (Phi) is 6.55. The van der Waals surface area contributed by atoms with Crippen LogP contribution in [0.2, 0.25) is 0 Å². The van der Waals surface area contributed by atoms with Gasteiger partial charge in [-0.2, -0.15) is 9.37 Å². The topological polar surface area (TPSA) is 117 Å². The maximum Gasteiger partial charge on any atom is 0.506 e. The number of amides is 5. The molecule has 188 valence electrons. The number of hydrogen-bond acceptors (Lipinski definition) is 6. The Morgan fingerprint density at radius 1 is 1.00 bits per heavy atom. The number of rotatable bonds is 6. The first-order valence-electron chi connectivity index (χ1n) is 11.8. The van der Waals surface area contributed by atoms with Gasteiger partial charge >= 0.3 is 11.9 Å².